The number of hydrogen-bond acceptors (Lipinski definition) is 5. The third-order valence-corrected chi connectivity index (χ3v) is 3.56. The highest BCUT2D eigenvalue weighted by molar-refractivity contribution is 5.98. The molecule has 0 fully saturated rings. The summed E-state index contributed by atoms with van der Waals surface area (Å²) >= 11 is 0. The van der Waals surface area contributed by atoms with Crippen LogP contribution in [0.15, 0.2) is 36.5 Å². The molecule has 8 heteroatoms. The lowest BCUT2D eigenvalue weighted by Crippen LogP contribution is -2.46. The average Bonchev–Trinajstić information content (AvgIpc) is 2.56. The van der Waals surface area contributed by atoms with E-state index in [-0.39, 0.29) is 12.8 Å². The normalized spacial score (nSPS) is 12.3. The molecule has 3 amide bonds. The number of rotatable bonds is 6. The first-order chi connectivity index (χ1) is 12.6. The van der Waals surface area contributed by atoms with Crippen molar-refractivity contribution in [2.75, 3.05) is 5.32 Å². The Morgan fingerprint density at radius 1 is 1.22 bits per heavy atom. The fourth-order valence-electron chi connectivity index (χ4n) is 2.39. The summed E-state index contributed by atoms with van der Waals surface area (Å²) < 4.78 is 5.18. The van der Waals surface area contributed by atoms with Crippen molar-refractivity contribution in [2.45, 2.75) is 45.3 Å². The van der Waals surface area contributed by atoms with Crippen molar-refractivity contribution in [1.29, 1.82) is 0 Å². The second-order valence-corrected chi connectivity index (χ2v) is 7.10. The van der Waals surface area contributed by atoms with Gasteiger partial charge in [-0.2, -0.15) is 0 Å². The number of primary amides is 1. The molecule has 2 aromatic rings. The third kappa shape index (κ3) is 6.58. The SMILES string of the molecule is CC(C)(C)OC(=O)N[C@H](CCC(N)=O)C(=O)Nc1ccc2ncccc2c1. The largest absolute Gasteiger partial charge is 0.444 e. The molecule has 4 N–H and O–H groups in total. The summed E-state index contributed by atoms with van der Waals surface area (Å²) in [5.74, 6) is -1.03. The molecule has 144 valence electrons. The van der Waals surface area contributed by atoms with Crippen molar-refractivity contribution in [2.24, 2.45) is 5.73 Å². The van der Waals surface area contributed by atoms with Gasteiger partial charge in [-0.15, -0.1) is 0 Å². The van der Waals surface area contributed by atoms with Gasteiger partial charge in [0.1, 0.15) is 11.6 Å². The minimum atomic E-state index is -0.961. The number of nitrogens with two attached hydrogens (primary N) is 1. The molecule has 0 saturated heterocycles. The fraction of sp³-hybridized carbons (Fsp3) is 0.368. The summed E-state index contributed by atoms with van der Waals surface area (Å²) in [6.07, 6.45) is 0.964. The Kier molecular flexibility index (Phi) is 6.33. The minimum Gasteiger partial charge on any atom is -0.444 e. The van der Waals surface area contributed by atoms with E-state index in [1.54, 1.807) is 51.2 Å². The van der Waals surface area contributed by atoms with Crippen LogP contribution >= 0.6 is 0 Å². The van der Waals surface area contributed by atoms with Crippen molar-refractivity contribution < 1.29 is 19.1 Å². The molecule has 0 unspecified atom stereocenters. The van der Waals surface area contributed by atoms with E-state index in [4.69, 9.17) is 10.5 Å². The van der Waals surface area contributed by atoms with Gasteiger partial charge in [-0.05, 0) is 51.5 Å². The molecule has 0 aliphatic rings. The number of aromatic nitrogens is 1. The monoisotopic (exact) mass is 372 g/mol. The number of hydrogen-bond donors (Lipinski definition) is 3. The molecule has 27 heavy (non-hydrogen) atoms. The predicted molar refractivity (Wildman–Crippen MR) is 102 cm³/mol. The predicted octanol–water partition coefficient (Wildman–Crippen LogP) is 2.33. The van der Waals surface area contributed by atoms with Crippen LogP contribution in [0.3, 0.4) is 0 Å². The number of carbonyl (C=O) groups excluding carboxylic acids is 3. The van der Waals surface area contributed by atoms with Crippen molar-refractivity contribution in [3.05, 3.63) is 36.5 Å². The standard InChI is InChI=1S/C19H24N4O4/c1-19(2,3)27-18(26)23-15(8-9-16(20)24)17(25)22-13-6-7-14-12(11-13)5-4-10-21-14/h4-7,10-11,15H,8-9H2,1-3H3,(H2,20,24)(H,22,25)(H,23,26)/t15-/m1/s1. The quantitative estimate of drug-likeness (QED) is 0.718. The van der Waals surface area contributed by atoms with E-state index in [1.165, 1.54) is 0 Å². The van der Waals surface area contributed by atoms with Gasteiger partial charge in [0.15, 0.2) is 0 Å². The van der Waals surface area contributed by atoms with E-state index < -0.39 is 29.6 Å². The zero-order chi connectivity index (χ0) is 20.0. The van der Waals surface area contributed by atoms with Crippen LogP contribution in [-0.2, 0) is 14.3 Å². The van der Waals surface area contributed by atoms with Crippen molar-refractivity contribution >= 4 is 34.5 Å². The van der Waals surface area contributed by atoms with Crippen LogP contribution in [0.1, 0.15) is 33.6 Å². The minimum absolute atomic E-state index is 0.0461. The number of fused-ring (bicyclic) bond motifs is 1. The lowest BCUT2D eigenvalue weighted by atomic mass is 10.1. The molecule has 0 saturated carbocycles. The van der Waals surface area contributed by atoms with Gasteiger partial charge < -0.3 is 21.1 Å². The van der Waals surface area contributed by atoms with Gasteiger partial charge in [0, 0.05) is 23.7 Å². The van der Waals surface area contributed by atoms with E-state index in [2.05, 4.69) is 15.6 Å². The van der Waals surface area contributed by atoms with Gasteiger partial charge in [0.2, 0.25) is 11.8 Å². The molecule has 0 radical (unpaired) electrons. The molecular weight excluding hydrogens is 348 g/mol. The number of benzene rings is 1. The first kappa shape index (κ1) is 20.2. The Morgan fingerprint density at radius 2 is 1.96 bits per heavy atom. The van der Waals surface area contributed by atoms with Crippen LogP contribution in [0.5, 0.6) is 0 Å². The Balaban J connectivity index is 2.10. The van der Waals surface area contributed by atoms with Crippen LogP contribution in [0.4, 0.5) is 10.5 Å². The Morgan fingerprint density at radius 3 is 2.63 bits per heavy atom. The summed E-state index contributed by atoms with van der Waals surface area (Å²) in [7, 11) is 0. The molecular formula is C19H24N4O4. The van der Waals surface area contributed by atoms with Crippen molar-refractivity contribution in [1.82, 2.24) is 10.3 Å². The van der Waals surface area contributed by atoms with Gasteiger partial charge in [0.05, 0.1) is 5.52 Å². The lowest BCUT2D eigenvalue weighted by Gasteiger charge is -2.23. The van der Waals surface area contributed by atoms with Crippen molar-refractivity contribution in [3.8, 4) is 0 Å². The Hall–Kier alpha value is -3.16. The molecule has 8 nitrogen and oxygen atoms in total. The summed E-state index contributed by atoms with van der Waals surface area (Å²) in [6, 6.07) is 7.99. The number of ether oxygens (including phenoxy) is 1. The molecule has 1 heterocycles. The van der Waals surface area contributed by atoms with E-state index in [0.717, 1.165) is 10.9 Å². The van der Waals surface area contributed by atoms with Gasteiger partial charge in [-0.3, -0.25) is 14.6 Å². The number of anilines is 1. The number of nitrogens with one attached hydrogen (secondary N) is 2. The first-order valence-corrected chi connectivity index (χ1v) is 8.57. The summed E-state index contributed by atoms with van der Waals surface area (Å²) in [5.41, 5.74) is 5.81. The van der Waals surface area contributed by atoms with E-state index in [9.17, 15) is 14.4 Å². The second kappa shape index (κ2) is 8.48. The van der Waals surface area contributed by atoms with Crippen molar-refractivity contribution in [3.63, 3.8) is 0 Å². The third-order valence-electron chi connectivity index (χ3n) is 3.56. The number of pyridine rings is 1. The number of amides is 3. The first-order valence-electron chi connectivity index (χ1n) is 8.57. The van der Waals surface area contributed by atoms with E-state index in [0.29, 0.717) is 5.69 Å². The Bertz CT molecular complexity index is 845. The Labute approximate surface area is 157 Å². The maximum Gasteiger partial charge on any atom is 0.408 e. The summed E-state index contributed by atoms with van der Waals surface area (Å²) in [5, 5.41) is 6.09. The van der Waals surface area contributed by atoms with Crippen LogP contribution in [0, 0.1) is 0 Å². The molecule has 0 spiro atoms. The molecule has 1 aromatic carbocycles. The van der Waals surface area contributed by atoms with Gasteiger partial charge >= 0.3 is 6.09 Å². The number of carbonyl (C=O) groups is 3. The molecule has 0 aliphatic heterocycles. The summed E-state index contributed by atoms with van der Waals surface area (Å²) in [4.78, 5) is 39.9. The van der Waals surface area contributed by atoms with Gasteiger partial charge in [-0.1, -0.05) is 6.07 Å². The van der Waals surface area contributed by atoms with Crippen LogP contribution in [0.2, 0.25) is 0 Å². The smallest absolute Gasteiger partial charge is 0.408 e. The zero-order valence-electron chi connectivity index (χ0n) is 15.6. The summed E-state index contributed by atoms with van der Waals surface area (Å²) in [6.45, 7) is 5.15. The average molecular weight is 372 g/mol. The lowest BCUT2D eigenvalue weighted by molar-refractivity contribution is -0.119. The topological polar surface area (TPSA) is 123 Å². The number of nitrogens with zero attached hydrogens (tertiary/aromatic N) is 1. The number of alkyl carbamates (subject to hydrolysis) is 1. The second-order valence-electron chi connectivity index (χ2n) is 7.10. The highest BCUT2D eigenvalue weighted by atomic mass is 16.6. The molecule has 1 atom stereocenters. The van der Waals surface area contributed by atoms with E-state index >= 15 is 0 Å². The van der Waals surface area contributed by atoms with Crippen LogP contribution in [-0.4, -0.2) is 34.5 Å². The zero-order valence-corrected chi connectivity index (χ0v) is 15.6. The van der Waals surface area contributed by atoms with Crippen LogP contribution < -0.4 is 16.4 Å². The van der Waals surface area contributed by atoms with Crippen LogP contribution in [0.25, 0.3) is 10.9 Å². The molecule has 2 rings (SSSR count). The molecule has 0 bridgehead atoms. The highest BCUT2D eigenvalue weighted by Crippen LogP contribution is 2.17. The molecule has 1 aromatic heterocycles. The van der Waals surface area contributed by atoms with Gasteiger partial charge in [-0.25, -0.2) is 4.79 Å². The van der Waals surface area contributed by atoms with Gasteiger partial charge in [0.25, 0.3) is 0 Å². The molecule has 0 aliphatic carbocycles. The fourth-order valence-corrected chi connectivity index (χ4v) is 2.39. The van der Waals surface area contributed by atoms with E-state index in [1.807, 2.05) is 6.07 Å². The maximum atomic E-state index is 12.6. The maximum absolute atomic E-state index is 12.6. The highest BCUT2D eigenvalue weighted by Gasteiger charge is 2.25.